The van der Waals surface area contributed by atoms with Crippen LogP contribution in [0.3, 0.4) is 0 Å². The van der Waals surface area contributed by atoms with Gasteiger partial charge in [-0.25, -0.2) is 18.4 Å². The summed E-state index contributed by atoms with van der Waals surface area (Å²) >= 11 is 1.21. The highest BCUT2D eigenvalue weighted by molar-refractivity contribution is 7.93. The van der Waals surface area contributed by atoms with Crippen LogP contribution >= 0.6 is 11.3 Å². The van der Waals surface area contributed by atoms with E-state index < -0.39 is 10.0 Å². The van der Waals surface area contributed by atoms with Gasteiger partial charge in [0, 0.05) is 17.6 Å². The number of rotatable bonds is 5. The molecule has 1 aromatic carbocycles. The third-order valence-corrected chi connectivity index (χ3v) is 5.50. The smallest absolute Gasteiger partial charge is 0.322 e. The number of hydrogen-bond donors (Lipinski definition) is 4. The molecule has 0 aliphatic rings. The molecular formula is C16H18N7O2S2+. The standard InChI is InChI=1S/C16H17N7O2S2/c1-10-9-11(2)20-15(19-10)22-14(17)21-12-3-5-13(6-4-12)27(24,25)23-16-18-7-8-26-16/h3-9H,1-2H3,(H,18,23)(H3,17,19,20,21,22)/p+1. The summed E-state index contributed by atoms with van der Waals surface area (Å²) < 4.78 is 27.0. The minimum Gasteiger partial charge on any atom is -0.322 e. The fourth-order valence-corrected chi connectivity index (χ4v) is 4.04. The van der Waals surface area contributed by atoms with Crippen LogP contribution in [0.4, 0.5) is 16.8 Å². The first-order valence-electron chi connectivity index (χ1n) is 7.83. The first-order chi connectivity index (χ1) is 12.8. The van der Waals surface area contributed by atoms with E-state index in [9.17, 15) is 8.42 Å². The molecule has 2 aromatic heterocycles. The molecule has 0 spiro atoms. The second-order valence-corrected chi connectivity index (χ2v) is 8.18. The molecule has 3 aromatic rings. The minimum atomic E-state index is -3.69. The average molecular weight is 405 g/mol. The zero-order valence-electron chi connectivity index (χ0n) is 14.6. The van der Waals surface area contributed by atoms with E-state index in [1.165, 1.54) is 29.7 Å². The number of thiazole rings is 1. The van der Waals surface area contributed by atoms with Crippen LogP contribution in [0.1, 0.15) is 11.4 Å². The molecule has 2 heterocycles. The maximum absolute atomic E-state index is 12.3. The Labute approximate surface area is 160 Å². The molecule has 3 rings (SSSR count). The van der Waals surface area contributed by atoms with E-state index in [0.717, 1.165) is 11.4 Å². The van der Waals surface area contributed by atoms with Crippen LogP contribution in [-0.4, -0.2) is 29.3 Å². The van der Waals surface area contributed by atoms with Gasteiger partial charge in [0.25, 0.3) is 16.0 Å². The second kappa shape index (κ2) is 7.68. The molecule has 0 radical (unpaired) electrons. The summed E-state index contributed by atoms with van der Waals surface area (Å²) in [7, 11) is -3.69. The van der Waals surface area contributed by atoms with Gasteiger partial charge in [0.2, 0.25) is 0 Å². The van der Waals surface area contributed by atoms with Crippen LogP contribution in [0.15, 0.2) is 46.8 Å². The lowest BCUT2D eigenvalue weighted by molar-refractivity contribution is -0.365. The summed E-state index contributed by atoms with van der Waals surface area (Å²) in [6, 6.07) is 8.01. The normalized spacial score (nSPS) is 12.0. The Morgan fingerprint density at radius 3 is 2.41 bits per heavy atom. The van der Waals surface area contributed by atoms with Gasteiger partial charge in [0.15, 0.2) is 5.13 Å². The van der Waals surface area contributed by atoms with Crippen molar-refractivity contribution in [3.8, 4) is 0 Å². The van der Waals surface area contributed by atoms with E-state index in [4.69, 9.17) is 5.73 Å². The van der Waals surface area contributed by atoms with E-state index in [2.05, 4.69) is 30.0 Å². The Morgan fingerprint density at radius 2 is 1.81 bits per heavy atom. The lowest BCUT2D eigenvalue weighted by atomic mass is 10.3. The number of sulfonamides is 1. The van der Waals surface area contributed by atoms with Gasteiger partial charge in [-0.15, -0.1) is 21.3 Å². The van der Waals surface area contributed by atoms with Crippen molar-refractivity contribution in [1.29, 1.82) is 0 Å². The van der Waals surface area contributed by atoms with Crippen molar-refractivity contribution in [2.24, 2.45) is 5.73 Å². The van der Waals surface area contributed by atoms with Crippen LogP contribution < -0.4 is 20.8 Å². The van der Waals surface area contributed by atoms with E-state index in [-0.39, 0.29) is 10.9 Å². The lowest BCUT2D eigenvalue weighted by Crippen LogP contribution is -2.72. The molecule has 0 atom stereocenters. The van der Waals surface area contributed by atoms with Crippen LogP contribution in [0, 0.1) is 13.8 Å². The third kappa shape index (κ3) is 4.99. The molecule has 140 valence electrons. The highest BCUT2D eigenvalue weighted by Crippen LogP contribution is 2.19. The largest absolute Gasteiger partial charge is 0.354 e. The molecule has 0 aliphatic carbocycles. The van der Waals surface area contributed by atoms with Gasteiger partial charge in [0.05, 0.1) is 22.0 Å². The molecule has 0 aliphatic heterocycles. The van der Waals surface area contributed by atoms with Crippen LogP contribution in [-0.2, 0) is 10.0 Å². The van der Waals surface area contributed by atoms with Crippen LogP contribution in [0.2, 0.25) is 0 Å². The van der Waals surface area contributed by atoms with Crippen molar-refractivity contribution in [2.45, 2.75) is 18.7 Å². The molecule has 0 bridgehead atoms. The molecule has 0 saturated carbocycles. The molecule has 0 fully saturated rings. The third-order valence-electron chi connectivity index (χ3n) is 3.33. The fourth-order valence-electron chi connectivity index (χ4n) is 2.25. The number of nitrogens with two attached hydrogens (primary N) is 1. The van der Waals surface area contributed by atoms with E-state index in [1.807, 2.05) is 19.9 Å². The van der Waals surface area contributed by atoms with Crippen LogP contribution in [0.25, 0.3) is 0 Å². The quantitative estimate of drug-likeness (QED) is 0.359. The number of benzene rings is 1. The van der Waals surface area contributed by atoms with E-state index in [1.54, 1.807) is 17.5 Å². The maximum atomic E-state index is 12.3. The Hall–Kier alpha value is -3.05. The zero-order valence-corrected chi connectivity index (χ0v) is 16.2. The molecule has 5 N–H and O–H groups in total. The van der Waals surface area contributed by atoms with E-state index >= 15 is 0 Å². The van der Waals surface area contributed by atoms with Crippen molar-refractivity contribution in [2.75, 3.05) is 10.0 Å². The predicted molar refractivity (Wildman–Crippen MR) is 104 cm³/mol. The molecule has 27 heavy (non-hydrogen) atoms. The van der Waals surface area contributed by atoms with E-state index in [0.29, 0.717) is 16.8 Å². The number of nitrogens with one attached hydrogen (secondary N) is 3. The summed E-state index contributed by atoms with van der Waals surface area (Å²) in [5.74, 6) is 0.598. The minimum absolute atomic E-state index is 0.118. The highest BCUT2D eigenvalue weighted by atomic mass is 32.2. The molecular weight excluding hydrogens is 386 g/mol. The average Bonchev–Trinajstić information content (AvgIpc) is 3.06. The van der Waals surface area contributed by atoms with Gasteiger partial charge in [-0.05, 0) is 38.1 Å². The van der Waals surface area contributed by atoms with Crippen LogP contribution in [0.5, 0.6) is 0 Å². The summed E-state index contributed by atoms with van der Waals surface area (Å²) in [4.78, 5) is 15.4. The molecule has 9 nitrogen and oxygen atoms in total. The van der Waals surface area contributed by atoms with Gasteiger partial charge in [0.1, 0.15) is 0 Å². The summed E-state index contributed by atoms with van der Waals surface area (Å²) in [5, 5.41) is 4.93. The predicted octanol–water partition coefficient (Wildman–Crippen LogP) is 0.490. The van der Waals surface area contributed by atoms with Gasteiger partial charge in [-0.2, -0.15) is 0 Å². The maximum Gasteiger partial charge on any atom is 0.354 e. The number of nitrogens with zero attached hydrogens (tertiary/aromatic N) is 3. The zero-order chi connectivity index (χ0) is 19.4. The molecule has 0 saturated heterocycles. The van der Waals surface area contributed by atoms with Crippen molar-refractivity contribution in [3.63, 3.8) is 0 Å². The Balaban J connectivity index is 1.72. The molecule has 0 unspecified atom stereocenters. The monoisotopic (exact) mass is 404 g/mol. The number of anilines is 2. The number of guanidine groups is 1. The summed E-state index contributed by atoms with van der Waals surface area (Å²) in [6.07, 6.45) is 1.53. The highest BCUT2D eigenvalue weighted by Gasteiger charge is 2.15. The Bertz CT molecular complexity index is 1040. The SMILES string of the molecule is Cc1cc(C)nc([NH+]=C(N)Nc2ccc(S(=O)(=O)Nc3nccs3)cc2)n1. The molecule has 11 heteroatoms. The number of aryl methyl sites for hydroxylation is 2. The number of hydrogen-bond acceptors (Lipinski definition) is 6. The van der Waals surface area contributed by atoms with Crippen molar-refractivity contribution in [3.05, 3.63) is 53.3 Å². The summed E-state index contributed by atoms with van der Waals surface area (Å²) in [6.45, 7) is 3.73. The first-order valence-corrected chi connectivity index (χ1v) is 10.2. The fraction of sp³-hybridized carbons (Fsp3) is 0.125. The molecule has 0 amide bonds. The van der Waals surface area contributed by atoms with Crippen molar-refractivity contribution in [1.82, 2.24) is 15.0 Å². The number of aromatic nitrogens is 3. The Kier molecular flexibility index (Phi) is 5.33. The lowest BCUT2D eigenvalue weighted by Gasteiger charge is -2.06. The second-order valence-electron chi connectivity index (χ2n) is 5.61. The Morgan fingerprint density at radius 1 is 1.15 bits per heavy atom. The topological polar surface area (TPSA) is 137 Å². The first kappa shape index (κ1) is 18.7. The van der Waals surface area contributed by atoms with Gasteiger partial charge in [-0.1, -0.05) is 0 Å². The van der Waals surface area contributed by atoms with Crippen molar-refractivity contribution < 1.29 is 13.4 Å². The van der Waals surface area contributed by atoms with Gasteiger partial charge < -0.3 is 5.73 Å². The summed E-state index contributed by atoms with van der Waals surface area (Å²) in [5.41, 5.74) is 8.18. The van der Waals surface area contributed by atoms with Crippen molar-refractivity contribution >= 4 is 44.1 Å². The van der Waals surface area contributed by atoms with Gasteiger partial charge in [-0.3, -0.25) is 10.0 Å². The van der Waals surface area contributed by atoms with Gasteiger partial charge >= 0.3 is 5.95 Å².